The first-order valence-electron chi connectivity index (χ1n) is 21.8. The second-order valence-corrected chi connectivity index (χ2v) is 22.2. The predicted octanol–water partition coefficient (Wildman–Crippen LogP) is 6.07. The Morgan fingerprint density at radius 2 is 1.43 bits per heavy atom. The minimum absolute atomic E-state index is 0.0269. The van der Waals surface area contributed by atoms with Crippen molar-refractivity contribution in [1.29, 1.82) is 0 Å². The average molecular weight is 885 g/mol. The maximum absolute atomic E-state index is 15.7. The normalized spacial score (nSPS) is 19.4. The molecule has 5 aromatic carbocycles. The second-order valence-electron chi connectivity index (χ2n) is 17.5. The summed E-state index contributed by atoms with van der Waals surface area (Å²) in [4.78, 5) is 45.0. The van der Waals surface area contributed by atoms with Crippen LogP contribution in [0.2, 0.25) is 18.6 Å². The molecule has 328 valence electrons. The van der Waals surface area contributed by atoms with Crippen LogP contribution in [0, 0.1) is 5.92 Å². The topological polar surface area (TPSA) is 159 Å². The molecule has 5 heterocycles. The Labute approximate surface area is 375 Å². The molecule has 14 nitrogen and oxygen atoms in total. The van der Waals surface area contributed by atoms with Crippen LogP contribution in [0.25, 0.3) is 32.9 Å². The number of aryl methyl sites for hydroxylation is 1. The van der Waals surface area contributed by atoms with Crippen LogP contribution in [0.5, 0.6) is 5.75 Å². The molecule has 1 fully saturated rings. The number of aliphatic hydroxyl groups excluding tert-OH is 1. The first-order chi connectivity index (χ1) is 31.5. The van der Waals surface area contributed by atoms with E-state index >= 15 is 4.79 Å². The van der Waals surface area contributed by atoms with Crippen molar-refractivity contribution in [2.45, 2.75) is 63.2 Å². The van der Waals surface area contributed by atoms with Crippen molar-refractivity contribution in [3.8, 4) is 17.1 Å². The van der Waals surface area contributed by atoms with E-state index in [2.05, 4.69) is 52.7 Å². The molecule has 0 bridgehead atoms. The molecule has 1 N–H and O–H groups in total. The van der Waals surface area contributed by atoms with Crippen molar-refractivity contribution in [2.75, 3.05) is 18.6 Å². The van der Waals surface area contributed by atoms with Crippen molar-refractivity contribution in [3.05, 3.63) is 171 Å². The number of carbonyl (C=O) groups excluding carboxylic acids is 1. The lowest BCUT2D eigenvalue weighted by atomic mass is 9.82. The fraction of sp³-hybridized carbons (Fsp3) is 0.260. The smallest absolute Gasteiger partial charge is 0.279 e. The number of aliphatic hydroxyl groups is 1. The van der Waals surface area contributed by atoms with Gasteiger partial charge in [-0.25, -0.2) is 0 Å². The van der Waals surface area contributed by atoms with E-state index in [0.29, 0.717) is 58.5 Å². The average Bonchev–Trinajstić information content (AvgIpc) is 3.98. The van der Waals surface area contributed by atoms with Gasteiger partial charge in [0.2, 0.25) is 0 Å². The molecule has 1 saturated heterocycles. The van der Waals surface area contributed by atoms with E-state index in [-0.39, 0.29) is 47.7 Å². The van der Waals surface area contributed by atoms with Crippen molar-refractivity contribution < 1.29 is 19.4 Å². The molecule has 0 unspecified atom stereocenters. The fourth-order valence-electron chi connectivity index (χ4n) is 10.3. The van der Waals surface area contributed by atoms with Gasteiger partial charge in [-0.2, -0.15) is 19.6 Å². The Hall–Kier alpha value is -7.07. The zero-order valence-electron chi connectivity index (χ0n) is 36.5. The molecule has 2 aliphatic rings. The molecule has 15 heteroatoms. The molecule has 8 aromatic rings. The standard InChI is InChI=1S/C50H48N8O6Si/c1-32-46(65(3,4)40-20-18-39(63-2)19-21-40)45(23-25-55-31-36(24-26-59)53-54-55)64-50(32)43-27-38(58-48(61)42-12-8-6-10-35(42)29-52-58)17-22-44(43)56(49(50)62)30-33-13-15-37(16-14-33)57-47(60)41-11-7-5-9-34(41)28-51-57/h5-22,27-29,31-32,45-46,59H,23-26,30H2,1-4H3/t32-,45+,46-,50+/m1/s1. The lowest BCUT2D eigenvalue weighted by molar-refractivity contribution is -0.146. The van der Waals surface area contributed by atoms with Crippen molar-refractivity contribution >= 4 is 46.4 Å². The van der Waals surface area contributed by atoms with Crippen LogP contribution < -0.4 is 25.9 Å². The maximum atomic E-state index is 15.7. The van der Waals surface area contributed by atoms with Gasteiger partial charge in [0.15, 0.2) is 5.60 Å². The summed E-state index contributed by atoms with van der Waals surface area (Å²) in [6.45, 7) is 7.49. The van der Waals surface area contributed by atoms with Gasteiger partial charge in [0, 0.05) is 48.0 Å². The van der Waals surface area contributed by atoms with Crippen LogP contribution in [-0.2, 0) is 34.6 Å². The van der Waals surface area contributed by atoms with Gasteiger partial charge in [0.25, 0.3) is 17.0 Å². The van der Waals surface area contributed by atoms with Gasteiger partial charge in [0.05, 0.1) is 73.8 Å². The zero-order valence-corrected chi connectivity index (χ0v) is 37.5. The van der Waals surface area contributed by atoms with Gasteiger partial charge in [0.1, 0.15) is 5.75 Å². The Kier molecular flexibility index (Phi) is 10.6. The monoisotopic (exact) mass is 884 g/mol. The third-order valence-corrected chi connectivity index (χ3v) is 17.9. The van der Waals surface area contributed by atoms with Crippen LogP contribution in [-0.4, -0.2) is 73.5 Å². The number of hydrogen-bond donors (Lipinski definition) is 1. The maximum Gasteiger partial charge on any atom is 0.279 e. The van der Waals surface area contributed by atoms with E-state index in [1.54, 1.807) is 41.2 Å². The molecule has 1 amide bonds. The highest BCUT2D eigenvalue weighted by atomic mass is 28.3. The van der Waals surface area contributed by atoms with E-state index < -0.39 is 13.7 Å². The Morgan fingerprint density at radius 3 is 2.08 bits per heavy atom. The van der Waals surface area contributed by atoms with E-state index in [9.17, 15) is 14.7 Å². The van der Waals surface area contributed by atoms with Crippen LogP contribution in [0.15, 0.2) is 143 Å². The zero-order chi connectivity index (χ0) is 45.0. The Morgan fingerprint density at radius 1 is 0.800 bits per heavy atom. The minimum Gasteiger partial charge on any atom is -0.497 e. The van der Waals surface area contributed by atoms with Gasteiger partial charge >= 0.3 is 0 Å². The lowest BCUT2D eigenvalue weighted by Crippen LogP contribution is -2.51. The number of rotatable bonds is 12. The van der Waals surface area contributed by atoms with E-state index in [0.717, 1.165) is 22.1 Å². The number of amides is 1. The third kappa shape index (κ3) is 7.06. The Bertz CT molecular complexity index is 3220. The highest BCUT2D eigenvalue weighted by molar-refractivity contribution is 6.91. The van der Waals surface area contributed by atoms with E-state index in [4.69, 9.17) is 9.47 Å². The van der Waals surface area contributed by atoms with Crippen molar-refractivity contribution in [3.63, 3.8) is 0 Å². The molecule has 3 aromatic heterocycles. The molecular formula is C50H48N8O6Si. The SMILES string of the molecule is COc1ccc([Si](C)(C)[C@H]2[C@H](CCn3cc(CCO)nn3)O[C@@]3(C(=O)N(Cc4ccc(-n5ncc6ccccc6c5=O)cc4)c4ccc(-n5ncc6ccccc6c5=O)cc43)[C@@H]2C)cc1. The molecule has 0 radical (unpaired) electrons. The molecule has 65 heavy (non-hydrogen) atoms. The third-order valence-electron chi connectivity index (χ3n) is 13.6. The number of ether oxygens (including phenoxy) is 2. The molecule has 0 saturated carbocycles. The summed E-state index contributed by atoms with van der Waals surface area (Å²) in [5, 5.41) is 31.0. The van der Waals surface area contributed by atoms with E-state index in [1.165, 1.54) is 14.6 Å². The first-order valence-corrected chi connectivity index (χ1v) is 24.9. The predicted molar refractivity (Wildman–Crippen MR) is 251 cm³/mol. The van der Waals surface area contributed by atoms with Crippen LogP contribution >= 0.6 is 0 Å². The number of carbonyl (C=O) groups is 1. The van der Waals surface area contributed by atoms with Crippen molar-refractivity contribution in [2.24, 2.45) is 5.92 Å². The van der Waals surface area contributed by atoms with Gasteiger partial charge < -0.3 is 19.5 Å². The number of fused-ring (bicyclic) bond motifs is 4. The second kappa shape index (κ2) is 16.5. The summed E-state index contributed by atoms with van der Waals surface area (Å²) in [7, 11) is -0.847. The number of methoxy groups -OCH3 is 1. The van der Waals surface area contributed by atoms with Gasteiger partial charge in [-0.05, 0) is 72.1 Å². The minimum atomic E-state index is -2.50. The summed E-state index contributed by atoms with van der Waals surface area (Å²) in [5.41, 5.74) is 2.05. The van der Waals surface area contributed by atoms with Gasteiger partial charge in [-0.15, -0.1) is 5.10 Å². The number of aromatic nitrogens is 7. The van der Waals surface area contributed by atoms with Gasteiger partial charge in [-0.3, -0.25) is 19.1 Å². The summed E-state index contributed by atoms with van der Waals surface area (Å²) in [6, 6.07) is 36.1. The first kappa shape index (κ1) is 41.9. The summed E-state index contributed by atoms with van der Waals surface area (Å²) in [6.07, 6.45) is 5.78. The number of hydrogen-bond acceptors (Lipinski definition) is 10. The number of anilines is 1. The van der Waals surface area contributed by atoms with Crippen molar-refractivity contribution in [1.82, 2.24) is 34.6 Å². The van der Waals surface area contributed by atoms with Crippen LogP contribution in [0.4, 0.5) is 5.69 Å². The highest BCUT2D eigenvalue weighted by Gasteiger charge is 2.66. The fourth-order valence-corrected chi connectivity index (χ4v) is 14.3. The highest BCUT2D eigenvalue weighted by Crippen LogP contribution is 2.60. The van der Waals surface area contributed by atoms with E-state index in [1.807, 2.05) is 97.2 Å². The quantitative estimate of drug-likeness (QED) is 0.143. The lowest BCUT2D eigenvalue weighted by Gasteiger charge is -2.37. The number of nitrogens with zero attached hydrogens (tertiary/aromatic N) is 8. The number of benzene rings is 5. The molecule has 10 rings (SSSR count). The Balaban J connectivity index is 1.08. The van der Waals surface area contributed by atoms with Gasteiger partial charge in [-0.1, -0.05) is 91.1 Å². The summed E-state index contributed by atoms with van der Waals surface area (Å²) >= 11 is 0. The molecule has 0 aliphatic carbocycles. The summed E-state index contributed by atoms with van der Waals surface area (Å²) < 4.78 is 17.5. The molecular weight excluding hydrogens is 837 g/mol. The molecule has 2 aliphatic heterocycles. The largest absolute Gasteiger partial charge is 0.497 e. The molecule has 4 atom stereocenters. The molecule has 1 spiro atoms. The summed E-state index contributed by atoms with van der Waals surface area (Å²) in [5.74, 6) is 0.254. The van der Waals surface area contributed by atoms with Crippen LogP contribution in [0.1, 0.15) is 30.2 Å². The van der Waals surface area contributed by atoms with Crippen LogP contribution in [0.3, 0.4) is 0 Å².